The van der Waals surface area contributed by atoms with Gasteiger partial charge in [0.25, 0.3) is 0 Å². The summed E-state index contributed by atoms with van der Waals surface area (Å²) in [6, 6.07) is 0. The van der Waals surface area contributed by atoms with Crippen LogP contribution in [0.25, 0.3) is 0 Å². The fourth-order valence-electron chi connectivity index (χ4n) is 0.821. The van der Waals surface area contributed by atoms with E-state index in [1.54, 1.807) is 0 Å². The molecule has 0 radical (unpaired) electrons. The van der Waals surface area contributed by atoms with Crippen LogP contribution in [0.2, 0.25) is 0 Å². The van der Waals surface area contributed by atoms with Crippen molar-refractivity contribution in [3.05, 3.63) is 0 Å². The van der Waals surface area contributed by atoms with Gasteiger partial charge in [0.1, 0.15) is 0 Å². The molecule has 0 fully saturated rings. The summed E-state index contributed by atoms with van der Waals surface area (Å²) >= 11 is 0. The van der Waals surface area contributed by atoms with Crippen molar-refractivity contribution in [2.75, 3.05) is 6.54 Å². The van der Waals surface area contributed by atoms with Crippen molar-refractivity contribution >= 4 is 0 Å². The van der Waals surface area contributed by atoms with Gasteiger partial charge in [0.2, 0.25) is 0 Å². The molecule has 0 heterocycles. The average Bonchev–Trinajstić information content (AvgIpc) is 2.00. The SMILES string of the molecule is CCC(N)(CC)NCC(N)N. The van der Waals surface area contributed by atoms with Crippen molar-refractivity contribution in [3.63, 3.8) is 0 Å². The van der Waals surface area contributed by atoms with Crippen LogP contribution in [-0.2, 0) is 0 Å². The lowest BCUT2D eigenvalue weighted by Gasteiger charge is -2.28. The van der Waals surface area contributed by atoms with E-state index in [0.29, 0.717) is 6.54 Å². The van der Waals surface area contributed by atoms with E-state index in [0.717, 1.165) is 12.8 Å². The van der Waals surface area contributed by atoms with Gasteiger partial charge in [-0.15, -0.1) is 0 Å². The predicted octanol–water partition coefficient (Wildman–Crippen LogP) is -0.705. The van der Waals surface area contributed by atoms with E-state index < -0.39 is 0 Å². The van der Waals surface area contributed by atoms with Gasteiger partial charge in [-0.3, -0.25) is 5.32 Å². The molecule has 0 aromatic rings. The van der Waals surface area contributed by atoms with Crippen molar-refractivity contribution in [2.24, 2.45) is 17.2 Å². The summed E-state index contributed by atoms with van der Waals surface area (Å²) in [6.07, 6.45) is 1.45. The van der Waals surface area contributed by atoms with Crippen molar-refractivity contribution in [2.45, 2.75) is 38.5 Å². The number of rotatable bonds is 5. The predicted molar refractivity (Wildman–Crippen MR) is 47.7 cm³/mol. The summed E-state index contributed by atoms with van der Waals surface area (Å²) in [6.45, 7) is 4.65. The van der Waals surface area contributed by atoms with Gasteiger partial charge in [-0.25, -0.2) is 0 Å². The van der Waals surface area contributed by atoms with Crippen LogP contribution in [0, 0.1) is 0 Å². The van der Waals surface area contributed by atoms with Crippen LogP contribution in [0.5, 0.6) is 0 Å². The smallest absolute Gasteiger partial charge is 0.0657 e. The lowest BCUT2D eigenvalue weighted by molar-refractivity contribution is 0.304. The molecule has 0 rings (SSSR count). The first kappa shape index (κ1) is 10.8. The zero-order chi connectivity index (χ0) is 8.91. The summed E-state index contributed by atoms with van der Waals surface area (Å²) in [5.41, 5.74) is 16.4. The topological polar surface area (TPSA) is 90.1 Å². The minimum Gasteiger partial charge on any atom is -0.315 e. The average molecular weight is 160 g/mol. The van der Waals surface area contributed by atoms with Crippen LogP contribution in [-0.4, -0.2) is 18.4 Å². The van der Waals surface area contributed by atoms with Gasteiger partial charge in [-0.1, -0.05) is 13.8 Å². The van der Waals surface area contributed by atoms with Crippen LogP contribution in [0.15, 0.2) is 0 Å². The maximum atomic E-state index is 5.92. The Labute approximate surface area is 68.5 Å². The third-order valence-corrected chi connectivity index (χ3v) is 1.95. The number of nitrogens with two attached hydrogens (primary N) is 3. The van der Waals surface area contributed by atoms with E-state index in [1.807, 2.05) is 13.8 Å². The third-order valence-electron chi connectivity index (χ3n) is 1.95. The Morgan fingerprint density at radius 1 is 1.27 bits per heavy atom. The second-order valence-electron chi connectivity index (χ2n) is 2.91. The van der Waals surface area contributed by atoms with Crippen LogP contribution < -0.4 is 22.5 Å². The summed E-state index contributed by atoms with van der Waals surface area (Å²) in [5, 5.41) is 3.12. The summed E-state index contributed by atoms with van der Waals surface area (Å²) in [4.78, 5) is 0. The second-order valence-corrected chi connectivity index (χ2v) is 2.91. The Morgan fingerprint density at radius 3 is 2.00 bits per heavy atom. The van der Waals surface area contributed by atoms with Crippen molar-refractivity contribution in [1.29, 1.82) is 0 Å². The zero-order valence-electron chi connectivity index (χ0n) is 7.43. The molecule has 0 saturated heterocycles. The standard InChI is InChI=1S/C7H20N4/c1-3-7(10,4-2)11-5-6(8)9/h6,11H,3-5,8-10H2,1-2H3. The molecule has 0 atom stereocenters. The molecule has 0 spiro atoms. The highest BCUT2D eigenvalue weighted by Gasteiger charge is 2.18. The molecular weight excluding hydrogens is 140 g/mol. The Hall–Kier alpha value is -0.160. The summed E-state index contributed by atoms with van der Waals surface area (Å²) in [5.74, 6) is 0. The van der Waals surface area contributed by atoms with Crippen LogP contribution in [0.3, 0.4) is 0 Å². The lowest BCUT2D eigenvalue weighted by Crippen LogP contribution is -2.57. The second kappa shape index (κ2) is 4.66. The quantitative estimate of drug-likeness (QED) is 0.400. The van der Waals surface area contributed by atoms with E-state index in [-0.39, 0.29) is 11.8 Å². The lowest BCUT2D eigenvalue weighted by atomic mass is 10.1. The van der Waals surface area contributed by atoms with Gasteiger partial charge in [-0.05, 0) is 12.8 Å². The molecule has 0 aromatic heterocycles. The van der Waals surface area contributed by atoms with E-state index >= 15 is 0 Å². The van der Waals surface area contributed by atoms with E-state index in [4.69, 9.17) is 17.2 Å². The first-order valence-corrected chi connectivity index (χ1v) is 4.09. The molecule has 0 amide bonds. The van der Waals surface area contributed by atoms with Gasteiger partial charge in [0, 0.05) is 6.54 Å². The highest BCUT2D eigenvalue weighted by atomic mass is 15.1. The molecule has 0 aliphatic heterocycles. The van der Waals surface area contributed by atoms with Crippen molar-refractivity contribution in [3.8, 4) is 0 Å². The molecular formula is C7H20N4. The van der Waals surface area contributed by atoms with Crippen LogP contribution in [0.4, 0.5) is 0 Å². The van der Waals surface area contributed by atoms with Crippen molar-refractivity contribution in [1.82, 2.24) is 5.32 Å². The largest absolute Gasteiger partial charge is 0.315 e. The molecule has 0 aliphatic carbocycles. The fraction of sp³-hybridized carbons (Fsp3) is 1.00. The summed E-state index contributed by atoms with van der Waals surface area (Å²) in [7, 11) is 0. The monoisotopic (exact) mass is 160 g/mol. The third kappa shape index (κ3) is 4.31. The minimum absolute atomic E-state index is 0.295. The molecule has 0 bridgehead atoms. The van der Waals surface area contributed by atoms with E-state index in [2.05, 4.69) is 5.32 Å². The number of nitrogens with one attached hydrogen (secondary N) is 1. The first-order valence-electron chi connectivity index (χ1n) is 4.09. The normalized spacial score (nSPS) is 12.5. The minimum atomic E-state index is -0.323. The van der Waals surface area contributed by atoms with E-state index in [9.17, 15) is 0 Å². The maximum absolute atomic E-state index is 5.92. The highest BCUT2D eigenvalue weighted by molar-refractivity contribution is 4.78. The Bertz CT molecular complexity index is 98.6. The molecule has 0 aliphatic rings. The van der Waals surface area contributed by atoms with Gasteiger partial charge in [-0.2, -0.15) is 0 Å². The van der Waals surface area contributed by atoms with Gasteiger partial charge >= 0.3 is 0 Å². The Kier molecular flexibility index (Phi) is 4.60. The molecule has 0 saturated carbocycles. The van der Waals surface area contributed by atoms with Gasteiger partial charge in [0.15, 0.2) is 0 Å². The van der Waals surface area contributed by atoms with Gasteiger partial charge < -0.3 is 17.2 Å². The van der Waals surface area contributed by atoms with Gasteiger partial charge in [0.05, 0.1) is 11.8 Å². The maximum Gasteiger partial charge on any atom is 0.0657 e. The molecule has 11 heavy (non-hydrogen) atoms. The van der Waals surface area contributed by atoms with Crippen LogP contribution >= 0.6 is 0 Å². The fourth-order valence-corrected chi connectivity index (χ4v) is 0.821. The number of hydrogen-bond donors (Lipinski definition) is 4. The number of hydrogen-bond acceptors (Lipinski definition) is 4. The van der Waals surface area contributed by atoms with Crippen molar-refractivity contribution < 1.29 is 0 Å². The molecule has 0 aromatic carbocycles. The molecule has 0 unspecified atom stereocenters. The molecule has 4 heteroatoms. The van der Waals surface area contributed by atoms with Crippen LogP contribution in [0.1, 0.15) is 26.7 Å². The zero-order valence-corrected chi connectivity index (χ0v) is 7.43. The molecule has 4 nitrogen and oxygen atoms in total. The summed E-state index contributed by atoms with van der Waals surface area (Å²) < 4.78 is 0. The Morgan fingerprint density at radius 2 is 1.73 bits per heavy atom. The highest BCUT2D eigenvalue weighted by Crippen LogP contribution is 2.05. The molecule has 68 valence electrons. The molecule has 7 N–H and O–H groups in total. The van der Waals surface area contributed by atoms with E-state index in [1.165, 1.54) is 0 Å². The first-order chi connectivity index (χ1) is 5.04. The Balaban J connectivity index is 3.69.